The summed E-state index contributed by atoms with van der Waals surface area (Å²) < 4.78 is 17.6. The summed E-state index contributed by atoms with van der Waals surface area (Å²) in [6.07, 6.45) is -0.179. The van der Waals surface area contributed by atoms with Crippen LogP contribution in [0.3, 0.4) is 0 Å². The van der Waals surface area contributed by atoms with Gasteiger partial charge in [0.2, 0.25) is 6.10 Å². The summed E-state index contributed by atoms with van der Waals surface area (Å²) >= 11 is 0. The number of aromatic hydroxyl groups is 1. The van der Waals surface area contributed by atoms with Crippen LogP contribution in [0.25, 0.3) is 0 Å². The van der Waals surface area contributed by atoms with Gasteiger partial charge in [-0.05, 0) is 44.1 Å². The molecular weight excluding hydrogens is 506 g/mol. The van der Waals surface area contributed by atoms with E-state index in [1.807, 2.05) is 13.1 Å². The minimum atomic E-state index is -1.43. The van der Waals surface area contributed by atoms with Crippen molar-refractivity contribution < 1.29 is 43.9 Å². The van der Waals surface area contributed by atoms with Crippen molar-refractivity contribution in [1.82, 2.24) is 4.90 Å². The maximum Gasteiger partial charge on any atom is 0.357 e. The molecule has 10 nitrogen and oxygen atoms in total. The molecule has 10 heteroatoms. The smallest absolute Gasteiger partial charge is 0.357 e. The average Bonchev–Trinajstić information content (AvgIpc) is 3.28. The first-order chi connectivity index (χ1) is 18.7. The van der Waals surface area contributed by atoms with Gasteiger partial charge in [-0.15, -0.1) is 0 Å². The van der Waals surface area contributed by atoms with Crippen LogP contribution >= 0.6 is 0 Å². The van der Waals surface area contributed by atoms with Gasteiger partial charge in [0.15, 0.2) is 17.6 Å². The van der Waals surface area contributed by atoms with Crippen molar-refractivity contribution in [2.45, 2.75) is 61.4 Å². The van der Waals surface area contributed by atoms with Crippen molar-refractivity contribution in [2.75, 3.05) is 13.6 Å². The highest BCUT2D eigenvalue weighted by Gasteiger charge is 2.72. The summed E-state index contributed by atoms with van der Waals surface area (Å²) in [6, 6.07) is 11.6. The fourth-order valence-electron chi connectivity index (χ4n) is 6.89. The van der Waals surface area contributed by atoms with E-state index in [0.717, 1.165) is 11.1 Å². The molecule has 1 spiro atoms. The molecule has 5 atom stereocenters. The fourth-order valence-corrected chi connectivity index (χ4v) is 6.89. The molecule has 2 heterocycles. The number of hydrogen-bond acceptors (Lipinski definition) is 9. The summed E-state index contributed by atoms with van der Waals surface area (Å²) in [5.41, 5.74) is -0.0371. The highest BCUT2D eigenvalue weighted by atomic mass is 16.6. The lowest BCUT2D eigenvalue weighted by molar-refractivity contribution is -0.176. The second kappa shape index (κ2) is 9.10. The van der Waals surface area contributed by atoms with Gasteiger partial charge in [-0.2, -0.15) is 0 Å². The Morgan fingerprint density at radius 1 is 1.15 bits per heavy atom. The lowest BCUT2D eigenvalue weighted by atomic mass is 9.50. The molecule has 4 aliphatic rings. The number of rotatable bonds is 7. The number of likely N-dealkylation sites (tertiary alicyclic amines) is 1. The van der Waals surface area contributed by atoms with E-state index in [2.05, 4.69) is 4.90 Å². The zero-order chi connectivity index (χ0) is 27.5. The molecule has 204 valence electrons. The molecule has 1 fully saturated rings. The van der Waals surface area contributed by atoms with E-state index >= 15 is 0 Å². The third-order valence-corrected chi connectivity index (χ3v) is 8.68. The van der Waals surface area contributed by atoms with Gasteiger partial charge in [-0.25, -0.2) is 4.79 Å². The molecule has 0 aromatic heterocycles. The molecule has 2 aliphatic heterocycles. The van der Waals surface area contributed by atoms with E-state index in [9.17, 15) is 24.6 Å². The normalized spacial score (nSPS) is 28.9. The summed E-state index contributed by atoms with van der Waals surface area (Å²) in [4.78, 5) is 39.0. The number of phenolic OH excluding ortho intramolecular Hbond substituents is 1. The SMILES string of the molecule is CN1CC[C@]23c4c5ccc(O)c4O[C@H]2C(OC(=O)[C@@H](OC(=O)CCC(=O)O)c2ccccc2)=CC[C@@]3(O)[C@H]1C5. The van der Waals surface area contributed by atoms with Crippen molar-refractivity contribution in [2.24, 2.45) is 0 Å². The number of hydrogen-bond donors (Lipinski definition) is 3. The number of carbonyl (C=O) groups excluding carboxylic acids is 2. The maximum absolute atomic E-state index is 13.5. The minimum absolute atomic E-state index is 0.0440. The van der Waals surface area contributed by atoms with Gasteiger partial charge in [0.05, 0.1) is 23.9 Å². The van der Waals surface area contributed by atoms with Crippen LogP contribution in [0.15, 0.2) is 54.3 Å². The van der Waals surface area contributed by atoms with E-state index in [0.29, 0.717) is 30.7 Å². The Labute approximate surface area is 224 Å². The van der Waals surface area contributed by atoms with Gasteiger partial charge < -0.3 is 34.4 Å². The minimum Gasteiger partial charge on any atom is -0.504 e. The molecule has 2 aromatic carbocycles. The number of carboxylic acids is 1. The fraction of sp³-hybridized carbons (Fsp3) is 0.414. The summed E-state index contributed by atoms with van der Waals surface area (Å²) in [5, 5.41) is 31.8. The maximum atomic E-state index is 13.5. The first kappa shape index (κ1) is 25.4. The molecule has 0 amide bonds. The Bertz CT molecular complexity index is 1390. The average molecular weight is 536 g/mol. The zero-order valence-electron chi connectivity index (χ0n) is 21.3. The molecule has 1 saturated heterocycles. The zero-order valence-corrected chi connectivity index (χ0v) is 21.3. The number of likely N-dealkylation sites (N-methyl/N-ethyl adjacent to an activating group) is 1. The number of piperidine rings is 1. The number of nitrogens with zero attached hydrogens (tertiary/aromatic N) is 1. The van der Waals surface area contributed by atoms with Crippen LogP contribution in [-0.2, 0) is 35.7 Å². The van der Waals surface area contributed by atoms with Crippen molar-refractivity contribution >= 4 is 17.9 Å². The summed E-state index contributed by atoms with van der Waals surface area (Å²) in [5.74, 6) is -2.45. The number of aliphatic hydroxyl groups is 1. The van der Waals surface area contributed by atoms with Crippen LogP contribution < -0.4 is 4.74 Å². The molecule has 6 rings (SSSR count). The van der Waals surface area contributed by atoms with Crippen LogP contribution in [0.4, 0.5) is 0 Å². The van der Waals surface area contributed by atoms with Gasteiger partial charge in [0, 0.05) is 23.6 Å². The van der Waals surface area contributed by atoms with Gasteiger partial charge in [0.1, 0.15) is 5.76 Å². The van der Waals surface area contributed by atoms with E-state index in [1.54, 1.807) is 42.5 Å². The Hall–Kier alpha value is -3.89. The van der Waals surface area contributed by atoms with E-state index in [4.69, 9.17) is 19.3 Å². The number of carboxylic acid groups (broad SMARTS) is 1. The number of aliphatic carboxylic acids is 1. The highest BCUT2D eigenvalue weighted by Crippen LogP contribution is 2.65. The number of ether oxygens (including phenoxy) is 3. The standard InChI is InChI=1S/C29H29NO9/c1-30-14-13-28-23-17-7-8-18(31)25(23)39-26(28)19(11-12-29(28,36)20(30)15-17)37-27(35)24(16-5-3-2-4-6-16)38-22(34)10-9-21(32)33/h2-8,11,20,24,26,31,36H,9-10,12-15H2,1H3,(H,32,33)/t20-,24+,26+,28+,29-/m1/s1. The topological polar surface area (TPSA) is 143 Å². The predicted molar refractivity (Wildman–Crippen MR) is 135 cm³/mol. The van der Waals surface area contributed by atoms with Crippen LogP contribution in [0.5, 0.6) is 11.5 Å². The van der Waals surface area contributed by atoms with Crippen LogP contribution in [0, 0.1) is 0 Å². The lowest BCUT2D eigenvalue weighted by Crippen LogP contribution is -2.74. The number of esters is 2. The van der Waals surface area contributed by atoms with Gasteiger partial charge in [-0.1, -0.05) is 36.4 Å². The number of phenols is 1. The molecule has 3 N–H and O–H groups in total. The van der Waals surface area contributed by atoms with E-state index in [1.165, 1.54) is 0 Å². The molecule has 2 aliphatic carbocycles. The first-order valence-corrected chi connectivity index (χ1v) is 13.0. The molecule has 0 radical (unpaired) electrons. The van der Waals surface area contributed by atoms with Crippen LogP contribution in [0.2, 0.25) is 0 Å². The van der Waals surface area contributed by atoms with Gasteiger partial charge in [0.25, 0.3) is 0 Å². The summed E-state index contributed by atoms with van der Waals surface area (Å²) in [6.45, 7) is 0.677. The Kier molecular flexibility index (Phi) is 5.92. The molecule has 0 unspecified atom stereocenters. The lowest BCUT2D eigenvalue weighted by Gasteiger charge is -2.61. The van der Waals surface area contributed by atoms with Crippen LogP contribution in [-0.4, -0.2) is 69.5 Å². The molecule has 2 bridgehead atoms. The van der Waals surface area contributed by atoms with Crippen molar-refractivity contribution in [1.29, 1.82) is 0 Å². The second-order valence-corrected chi connectivity index (χ2v) is 10.7. The van der Waals surface area contributed by atoms with Crippen LogP contribution in [0.1, 0.15) is 48.5 Å². The summed E-state index contributed by atoms with van der Waals surface area (Å²) in [7, 11) is 1.98. The molecule has 2 aromatic rings. The second-order valence-electron chi connectivity index (χ2n) is 10.7. The molecule has 0 saturated carbocycles. The number of benzene rings is 2. The highest BCUT2D eigenvalue weighted by molar-refractivity contribution is 5.83. The van der Waals surface area contributed by atoms with Crippen molar-refractivity contribution in [3.05, 3.63) is 71.0 Å². The molecule has 39 heavy (non-hydrogen) atoms. The Balaban J connectivity index is 1.35. The third kappa shape index (κ3) is 3.73. The largest absolute Gasteiger partial charge is 0.504 e. The Morgan fingerprint density at radius 3 is 2.67 bits per heavy atom. The van der Waals surface area contributed by atoms with E-state index in [-0.39, 0.29) is 24.0 Å². The Morgan fingerprint density at radius 2 is 1.92 bits per heavy atom. The predicted octanol–water partition coefficient (Wildman–Crippen LogP) is 2.36. The first-order valence-electron chi connectivity index (χ1n) is 13.0. The van der Waals surface area contributed by atoms with E-state index < -0.39 is 54.0 Å². The third-order valence-electron chi connectivity index (χ3n) is 8.68. The number of carbonyl (C=O) groups is 3. The van der Waals surface area contributed by atoms with Gasteiger partial charge in [-0.3, -0.25) is 9.59 Å². The van der Waals surface area contributed by atoms with Gasteiger partial charge >= 0.3 is 17.9 Å². The quantitative estimate of drug-likeness (QED) is 0.452. The molecular formula is C29H29NO9. The van der Waals surface area contributed by atoms with Crippen molar-refractivity contribution in [3.63, 3.8) is 0 Å². The monoisotopic (exact) mass is 535 g/mol. The van der Waals surface area contributed by atoms with Crippen molar-refractivity contribution in [3.8, 4) is 11.5 Å².